The lowest BCUT2D eigenvalue weighted by Crippen LogP contribution is -2.57. The molecular formula is C14H22N2O2S. The smallest absolute Gasteiger partial charge is 0.186 e. The van der Waals surface area contributed by atoms with Crippen LogP contribution in [0.3, 0.4) is 0 Å². The van der Waals surface area contributed by atoms with E-state index in [1.807, 2.05) is 6.92 Å². The minimum Gasteiger partial charge on any atom is -0.366 e. The summed E-state index contributed by atoms with van der Waals surface area (Å²) in [4.78, 5) is 19.1. The second kappa shape index (κ2) is 4.56. The third-order valence-corrected chi connectivity index (χ3v) is 4.39. The number of aryl methyl sites for hydroxylation is 1. The summed E-state index contributed by atoms with van der Waals surface area (Å²) < 4.78 is 6.07. The van der Waals surface area contributed by atoms with Gasteiger partial charge in [-0.3, -0.25) is 4.79 Å². The lowest BCUT2D eigenvalue weighted by atomic mass is 9.99. The highest BCUT2D eigenvalue weighted by Crippen LogP contribution is 2.34. The van der Waals surface area contributed by atoms with E-state index >= 15 is 0 Å². The average Bonchev–Trinajstić information content (AvgIpc) is 2.55. The molecule has 1 aromatic rings. The average molecular weight is 282 g/mol. The number of hydrogen-bond acceptors (Lipinski definition) is 5. The van der Waals surface area contributed by atoms with E-state index < -0.39 is 0 Å². The summed E-state index contributed by atoms with van der Waals surface area (Å²) in [6.07, 6.45) is 0. The summed E-state index contributed by atoms with van der Waals surface area (Å²) in [7, 11) is 0. The first kappa shape index (κ1) is 14.5. The SMILES string of the molecule is CC(=O)c1sc(N2CC(C)(C)OC(C)(C)C2)nc1C. The molecule has 0 saturated carbocycles. The summed E-state index contributed by atoms with van der Waals surface area (Å²) in [6, 6.07) is 0. The molecule has 19 heavy (non-hydrogen) atoms. The number of rotatable bonds is 2. The molecule has 0 radical (unpaired) electrons. The maximum absolute atomic E-state index is 11.5. The molecule has 0 N–H and O–H groups in total. The first-order valence-corrected chi connectivity index (χ1v) is 7.35. The maximum Gasteiger partial charge on any atom is 0.186 e. The van der Waals surface area contributed by atoms with E-state index in [2.05, 4.69) is 37.6 Å². The van der Waals surface area contributed by atoms with Crippen LogP contribution in [0.15, 0.2) is 0 Å². The summed E-state index contributed by atoms with van der Waals surface area (Å²) >= 11 is 1.49. The molecule has 0 aromatic carbocycles. The fraction of sp³-hybridized carbons (Fsp3) is 0.714. The van der Waals surface area contributed by atoms with Gasteiger partial charge in [0.1, 0.15) is 0 Å². The van der Waals surface area contributed by atoms with Gasteiger partial charge in [-0.1, -0.05) is 11.3 Å². The third-order valence-electron chi connectivity index (χ3n) is 3.07. The van der Waals surface area contributed by atoms with Crippen LogP contribution in [0.25, 0.3) is 0 Å². The normalized spacial score (nSPS) is 21.5. The van der Waals surface area contributed by atoms with Crippen molar-refractivity contribution in [2.75, 3.05) is 18.0 Å². The van der Waals surface area contributed by atoms with Gasteiger partial charge in [0, 0.05) is 20.0 Å². The number of morpholine rings is 1. The van der Waals surface area contributed by atoms with Crippen LogP contribution in [0.4, 0.5) is 5.13 Å². The highest BCUT2D eigenvalue weighted by Gasteiger charge is 2.39. The van der Waals surface area contributed by atoms with Crippen LogP contribution in [0, 0.1) is 6.92 Å². The largest absolute Gasteiger partial charge is 0.366 e. The Hall–Kier alpha value is -0.940. The molecule has 1 fully saturated rings. The van der Waals surface area contributed by atoms with Gasteiger partial charge < -0.3 is 9.64 Å². The molecule has 0 unspecified atom stereocenters. The van der Waals surface area contributed by atoms with E-state index in [1.165, 1.54) is 11.3 Å². The van der Waals surface area contributed by atoms with E-state index in [0.29, 0.717) is 0 Å². The van der Waals surface area contributed by atoms with Crippen molar-refractivity contribution >= 4 is 22.3 Å². The summed E-state index contributed by atoms with van der Waals surface area (Å²) in [6.45, 7) is 13.4. The summed E-state index contributed by atoms with van der Waals surface area (Å²) in [5, 5.41) is 0.923. The Labute approximate surface area is 118 Å². The minimum absolute atomic E-state index is 0.0908. The zero-order chi connectivity index (χ0) is 14.4. The fourth-order valence-electron chi connectivity index (χ4n) is 2.77. The minimum atomic E-state index is -0.211. The Balaban J connectivity index is 2.31. The van der Waals surface area contributed by atoms with Crippen LogP contribution >= 0.6 is 11.3 Å². The predicted molar refractivity (Wildman–Crippen MR) is 78.3 cm³/mol. The lowest BCUT2D eigenvalue weighted by molar-refractivity contribution is -0.133. The molecule has 0 amide bonds. The number of ether oxygens (including phenoxy) is 1. The van der Waals surface area contributed by atoms with Gasteiger partial charge in [0.05, 0.1) is 21.8 Å². The van der Waals surface area contributed by atoms with Crippen LogP contribution in [0.2, 0.25) is 0 Å². The third kappa shape index (κ3) is 3.15. The van der Waals surface area contributed by atoms with Crippen molar-refractivity contribution in [2.45, 2.75) is 52.7 Å². The van der Waals surface area contributed by atoms with Gasteiger partial charge in [-0.2, -0.15) is 0 Å². The zero-order valence-electron chi connectivity index (χ0n) is 12.5. The van der Waals surface area contributed by atoms with Gasteiger partial charge in [0.2, 0.25) is 0 Å². The standard InChI is InChI=1S/C14H22N2O2S/c1-9-11(10(2)17)19-12(15-9)16-7-13(3,4)18-14(5,6)8-16/h7-8H2,1-6H3. The monoisotopic (exact) mass is 282 g/mol. The lowest BCUT2D eigenvalue weighted by Gasteiger charge is -2.47. The van der Waals surface area contributed by atoms with Gasteiger partial charge in [0.15, 0.2) is 10.9 Å². The van der Waals surface area contributed by atoms with Crippen LogP contribution in [0.1, 0.15) is 50.0 Å². The Morgan fingerprint density at radius 1 is 1.26 bits per heavy atom. The van der Waals surface area contributed by atoms with Gasteiger partial charge in [-0.05, 0) is 34.6 Å². The Morgan fingerprint density at radius 2 is 1.79 bits per heavy atom. The van der Waals surface area contributed by atoms with Gasteiger partial charge in [0.25, 0.3) is 0 Å². The zero-order valence-corrected chi connectivity index (χ0v) is 13.3. The number of Topliss-reactive ketones (excluding diaryl/α,β-unsaturated/α-hetero) is 1. The molecule has 106 valence electrons. The van der Waals surface area contributed by atoms with Crippen molar-refractivity contribution in [1.29, 1.82) is 0 Å². The Bertz CT molecular complexity index is 490. The molecule has 5 heteroatoms. The highest BCUT2D eigenvalue weighted by molar-refractivity contribution is 7.17. The number of nitrogens with zero attached hydrogens (tertiary/aromatic N) is 2. The summed E-state index contributed by atoms with van der Waals surface area (Å²) in [5.74, 6) is 0.0908. The fourth-order valence-corrected chi connectivity index (χ4v) is 3.73. The topological polar surface area (TPSA) is 42.4 Å². The first-order chi connectivity index (χ1) is 8.60. The number of carbonyl (C=O) groups excluding carboxylic acids is 1. The van der Waals surface area contributed by atoms with Gasteiger partial charge >= 0.3 is 0 Å². The molecule has 1 saturated heterocycles. The number of aromatic nitrogens is 1. The van der Waals surface area contributed by atoms with Crippen molar-refractivity contribution in [2.24, 2.45) is 0 Å². The van der Waals surface area contributed by atoms with Crippen LogP contribution in [0.5, 0.6) is 0 Å². The van der Waals surface area contributed by atoms with E-state index in [9.17, 15) is 4.79 Å². The number of anilines is 1. The Kier molecular flexibility index (Phi) is 3.47. The van der Waals surface area contributed by atoms with E-state index in [4.69, 9.17) is 4.74 Å². The molecule has 0 atom stereocenters. The second-order valence-corrected chi connectivity index (χ2v) is 7.42. The maximum atomic E-state index is 11.5. The van der Waals surface area contributed by atoms with Crippen LogP contribution < -0.4 is 4.90 Å². The number of thiazole rings is 1. The van der Waals surface area contributed by atoms with Crippen molar-refractivity contribution in [3.8, 4) is 0 Å². The molecule has 1 aliphatic rings. The first-order valence-electron chi connectivity index (χ1n) is 6.53. The molecule has 4 nitrogen and oxygen atoms in total. The molecule has 0 spiro atoms. The molecule has 2 rings (SSSR count). The van der Waals surface area contributed by atoms with Crippen LogP contribution in [-0.2, 0) is 4.74 Å². The molecule has 0 bridgehead atoms. The number of carbonyl (C=O) groups is 1. The van der Waals surface area contributed by atoms with E-state index in [-0.39, 0.29) is 17.0 Å². The number of hydrogen-bond donors (Lipinski definition) is 0. The van der Waals surface area contributed by atoms with Crippen molar-refractivity contribution in [1.82, 2.24) is 4.98 Å². The molecule has 2 heterocycles. The molecule has 1 aromatic heterocycles. The number of ketones is 1. The van der Waals surface area contributed by atoms with E-state index in [0.717, 1.165) is 28.8 Å². The van der Waals surface area contributed by atoms with Crippen molar-refractivity contribution in [3.63, 3.8) is 0 Å². The van der Waals surface area contributed by atoms with Gasteiger partial charge in [-0.25, -0.2) is 4.98 Å². The Morgan fingerprint density at radius 3 is 2.21 bits per heavy atom. The summed E-state index contributed by atoms with van der Waals surface area (Å²) in [5.41, 5.74) is 0.407. The predicted octanol–water partition coefficient (Wildman–Crippen LogP) is 3.05. The van der Waals surface area contributed by atoms with Crippen LogP contribution in [-0.4, -0.2) is 35.1 Å². The molecule has 0 aliphatic carbocycles. The van der Waals surface area contributed by atoms with Crippen molar-refractivity contribution in [3.05, 3.63) is 10.6 Å². The second-order valence-electron chi connectivity index (χ2n) is 6.44. The van der Waals surface area contributed by atoms with Crippen molar-refractivity contribution < 1.29 is 9.53 Å². The molecular weight excluding hydrogens is 260 g/mol. The molecule has 1 aliphatic heterocycles. The quantitative estimate of drug-likeness (QED) is 0.782. The van der Waals surface area contributed by atoms with Gasteiger partial charge in [-0.15, -0.1) is 0 Å². The highest BCUT2D eigenvalue weighted by atomic mass is 32.1. The van der Waals surface area contributed by atoms with E-state index in [1.54, 1.807) is 6.92 Å².